The molecule has 0 heterocycles. The monoisotopic (exact) mass is 246 g/mol. The van der Waals surface area contributed by atoms with Crippen molar-refractivity contribution in [1.29, 1.82) is 0 Å². The van der Waals surface area contributed by atoms with Crippen molar-refractivity contribution in [3.63, 3.8) is 0 Å². The Morgan fingerprint density at radius 1 is 1.12 bits per heavy atom. The van der Waals surface area contributed by atoms with E-state index in [1.165, 1.54) is 0 Å². The molecule has 4 heteroatoms. The Balaban J connectivity index is 4.51. The van der Waals surface area contributed by atoms with E-state index in [4.69, 9.17) is 15.3 Å². The first-order valence-corrected chi connectivity index (χ1v) is 6.22. The van der Waals surface area contributed by atoms with Crippen LogP contribution in [0.5, 0.6) is 0 Å². The summed E-state index contributed by atoms with van der Waals surface area (Å²) in [6, 6.07) is 0.134. The Labute approximate surface area is 106 Å². The highest BCUT2D eigenvalue weighted by molar-refractivity contribution is 4.86. The summed E-state index contributed by atoms with van der Waals surface area (Å²) >= 11 is 0. The lowest BCUT2D eigenvalue weighted by atomic mass is 9.82. The van der Waals surface area contributed by atoms with Crippen LogP contribution in [0.3, 0.4) is 0 Å². The lowest BCUT2D eigenvalue weighted by molar-refractivity contribution is -0.0280. The van der Waals surface area contributed by atoms with Crippen LogP contribution in [-0.2, 0) is 9.47 Å². The van der Waals surface area contributed by atoms with Crippen molar-refractivity contribution in [3.8, 4) is 0 Å². The Morgan fingerprint density at radius 2 is 1.65 bits per heavy atom. The van der Waals surface area contributed by atoms with Crippen LogP contribution < -0.4 is 11.3 Å². The molecule has 4 nitrogen and oxygen atoms in total. The van der Waals surface area contributed by atoms with Crippen LogP contribution in [-0.4, -0.2) is 32.0 Å². The zero-order valence-corrected chi connectivity index (χ0v) is 12.5. The highest BCUT2D eigenvalue weighted by Crippen LogP contribution is 2.27. The van der Waals surface area contributed by atoms with E-state index >= 15 is 0 Å². The fourth-order valence-electron chi connectivity index (χ4n) is 2.05. The van der Waals surface area contributed by atoms with E-state index in [2.05, 4.69) is 40.0 Å². The van der Waals surface area contributed by atoms with Crippen LogP contribution in [0.15, 0.2) is 0 Å². The predicted octanol–water partition coefficient (Wildman–Crippen LogP) is 2.08. The third-order valence-electron chi connectivity index (χ3n) is 3.30. The molecule has 17 heavy (non-hydrogen) atoms. The highest BCUT2D eigenvalue weighted by atomic mass is 16.5. The summed E-state index contributed by atoms with van der Waals surface area (Å²) in [4.78, 5) is 0. The molecule has 0 aromatic carbocycles. The summed E-state index contributed by atoms with van der Waals surface area (Å²) < 4.78 is 11.0. The molecule has 0 aliphatic rings. The van der Waals surface area contributed by atoms with Gasteiger partial charge in [-0.2, -0.15) is 0 Å². The maximum atomic E-state index is 5.65. The Hall–Kier alpha value is -0.160. The van der Waals surface area contributed by atoms with Gasteiger partial charge in [0.15, 0.2) is 0 Å². The van der Waals surface area contributed by atoms with Gasteiger partial charge in [0.25, 0.3) is 0 Å². The average molecular weight is 246 g/mol. The fourth-order valence-corrected chi connectivity index (χ4v) is 2.05. The van der Waals surface area contributed by atoms with Gasteiger partial charge >= 0.3 is 0 Å². The van der Waals surface area contributed by atoms with Crippen LogP contribution in [0.4, 0.5) is 0 Å². The molecule has 0 spiro atoms. The number of hydrogen-bond donors (Lipinski definition) is 2. The van der Waals surface area contributed by atoms with Crippen LogP contribution in [0, 0.1) is 5.41 Å². The third-order valence-corrected chi connectivity index (χ3v) is 3.30. The van der Waals surface area contributed by atoms with Crippen molar-refractivity contribution >= 4 is 0 Å². The number of rotatable bonds is 7. The molecular formula is C13H30N2O2. The number of hydrogen-bond acceptors (Lipinski definition) is 4. The van der Waals surface area contributed by atoms with E-state index in [0.717, 1.165) is 12.8 Å². The SMILES string of the molecule is COC(C(CCC(C)(C)OC)NN)C(C)(C)C. The van der Waals surface area contributed by atoms with E-state index in [1.54, 1.807) is 14.2 Å². The summed E-state index contributed by atoms with van der Waals surface area (Å²) in [5.74, 6) is 5.65. The predicted molar refractivity (Wildman–Crippen MR) is 71.7 cm³/mol. The lowest BCUT2D eigenvalue weighted by Crippen LogP contribution is -2.51. The van der Waals surface area contributed by atoms with E-state index in [-0.39, 0.29) is 23.2 Å². The van der Waals surface area contributed by atoms with Gasteiger partial charge in [0.05, 0.1) is 11.7 Å². The molecule has 0 bridgehead atoms. The molecule has 0 aromatic heterocycles. The minimum absolute atomic E-state index is 0.0585. The minimum Gasteiger partial charge on any atom is -0.379 e. The van der Waals surface area contributed by atoms with Crippen molar-refractivity contribution in [3.05, 3.63) is 0 Å². The van der Waals surface area contributed by atoms with E-state index in [0.29, 0.717) is 0 Å². The lowest BCUT2D eigenvalue weighted by Gasteiger charge is -2.37. The second-order valence-electron chi connectivity index (χ2n) is 6.30. The Kier molecular flexibility index (Phi) is 6.62. The zero-order valence-electron chi connectivity index (χ0n) is 12.5. The van der Waals surface area contributed by atoms with Crippen molar-refractivity contribution in [2.45, 2.75) is 65.2 Å². The zero-order chi connectivity index (χ0) is 13.7. The number of nitrogens with two attached hydrogens (primary N) is 1. The van der Waals surface area contributed by atoms with E-state index < -0.39 is 0 Å². The van der Waals surface area contributed by atoms with E-state index in [9.17, 15) is 0 Å². The molecule has 2 unspecified atom stereocenters. The van der Waals surface area contributed by atoms with Gasteiger partial charge in [0, 0.05) is 20.3 Å². The van der Waals surface area contributed by atoms with Crippen LogP contribution >= 0.6 is 0 Å². The molecule has 0 aromatic rings. The molecule has 0 fully saturated rings. The topological polar surface area (TPSA) is 56.5 Å². The molecular weight excluding hydrogens is 216 g/mol. The van der Waals surface area contributed by atoms with Gasteiger partial charge in [-0.1, -0.05) is 20.8 Å². The number of nitrogens with one attached hydrogen (secondary N) is 1. The first-order valence-electron chi connectivity index (χ1n) is 6.22. The number of methoxy groups -OCH3 is 2. The van der Waals surface area contributed by atoms with E-state index in [1.807, 2.05) is 0 Å². The summed E-state index contributed by atoms with van der Waals surface area (Å²) in [6.07, 6.45) is 1.95. The van der Waals surface area contributed by atoms with Crippen molar-refractivity contribution < 1.29 is 9.47 Å². The van der Waals surface area contributed by atoms with Crippen molar-refractivity contribution in [2.75, 3.05) is 14.2 Å². The third kappa shape index (κ3) is 5.82. The summed E-state index contributed by atoms with van der Waals surface area (Å²) in [6.45, 7) is 10.6. The molecule has 2 atom stereocenters. The second-order valence-corrected chi connectivity index (χ2v) is 6.30. The van der Waals surface area contributed by atoms with Gasteiger partial charge in [-0.15, -0.1) is 0 Å². The average Bonchev–Trinajstić information content (AvgIpc) is 2.22. The van der Waals surface area contributed by atoms with Gasteiger partial charge < -0.3 is 9.47 Å². The Morgan fingerprint density at radius 3 is 1.94 bits per heavy atom. The molecule has 0 aliphatic carbocycles. The molecule has 3 N–H and O–H groups in total. The molecule has 0 radical (unpaired) electrons. The molecule has 0 aliphatic heterocycles. The summed E-state index contributed by atoms with van der Waals surface area (Å²) in [5.41, 5.74) is 2.81. The normalized spacial score (nSPS) is 16.9. The fraction of sp³-hybridized carbons (Fsp3) is 1.00. The molecule has 104 valence electrons. The van der Waals surface area contributed by atoms with Crippen molar-refractivity contribution in [1.82, 2.24) is 5.43 Å². The summed E-state index contributed by atoms with van der Waals surface area (Å²) in [7, 11) is 3.48. The van der Waals surface area contributed by atoms with Gasteiger partial charge in [0.2, 0.25) is 0 Å². The first kappa shape index (κ1) is 16.8. The minimum atomic E-state index is -0.120. The van der Waals surface area contributed by atoms with Gasteiger partial charge in [-0.3, -0.25) is 11.3 Å². The smallest absolute Gasteiger partial charge is 0.0785 e. The van der Waals surface area contributed by atoms with Gasteiger partial charge in [-0.25, -0.2) is 0 Å². The second kappa shape index (κ2) is 6.69. The maximum absolute atomic E-state index is 5.65. The largest absolute Gasteiger partial charge is 0.379 e. The number of hydrazine groups is 1. The Bertz CT molecular complexity index is 212. The van der Waals surface area contributed by atoms with Crippen LogP contribution in [0.1, 0.15) is 47.5 Å². The van der Waals surface area contributed by atoms with Crippen LogP contribution in [0.2, 0.25) is 0 Å². The molecule has 0 saturated heterocycles. The van der Waals surface area contributed by atoms with Gasteiger partial charge in [0.1, 0.15) is 0 Å². The van der Waals surface area contributed by atoms with Crippen molar-refractivity contribution in [2.24, 2.45) is 11.3 Å². The number of ether oxygens (including phenoxy) is 2. The van der Waals surface area contributed by atoms with Gasteiger partial charge in [-0.05, 0) is 32.1 Å². The molecule has 0 saturated carbocycles. The quantitative estimate of drug-likeness (QED) is 0.533. The summed E-state index contributed by atoms with van der Waals surface area (Å²) in [5, 5.41) is 0. The highest BCUT2D eigenvalue weighted by Gasteiger charge is 2.32. The van der Waals surface area contributed by atoms with Crippen LogP contribution in [0.25, 0.3) is 0 Å². The molecule has 0 rings (SSSR count). The first-order chi connectivity index (χ1) is 7.68. The standard InChI is InChI=1S/C13H30N2O2/c1-12(2,3)11(16-6)10(15-14)8-9-13(4,5)17-7/h10-11,15H,8-9,14H2,1-7H3. The maximum Gasteiger partial charge on any atom is 0.0785 e. The molecule has 0 amide bonds.